The van der Waals surface area contributed by atoms with Crippen LogP contribution in [0.5, 0.6) is 0 Å². The molecule has 142 valence electrons. The number of nitrogens with zero attached hydrogens (tertiary/aromatic N) is 2. The number of aromatic nitrogens is 2. The largest absolute Gasteiger partial charge is 0.365 e. The number of imidazole rings is 1. The van der Waals surface area contributed by atoms with Gasteiger partial charge in [0, 0.05) is 23.7 Å². The fourth-order valence-corrected chi connectivity index (χ4v) is 3.86. The van der Waals surface area contributed by atoms with Crippen molar-refractivity contribution in [3.8, 4) is 11.3 Å². The Balaban J connectivity index is 1.68. The Morgan fingerprint density at radius 2 is 1.59 bits per heavy atom. The molecule has 0 unspecified atom stereocenters. The highest BCUT2D eigenvalue weighted by atomic mass is 15.1. The van der Waals surface area contributed by atoms with E-state index in [1.54, 1.807) is 0 Å². The second kappa shape index (κ2) is 7.10. The summed E-state index contributed by atoms with van der Waals surface area (Å²) >= 11 is 0. The van der Waals surface area contributed by atoms with Gasteiger partial charge in [-0.1, -0.05) is 78.4 Å². The first-order chi connectivity index (χ1) is 14.2. The lowest BCUT2D eigenvalue weighted by Crippen LogP contribution is -2.03. The molecule has 0 amide bonds. The average molecular weight is 377 g/mol. The van der Waals surface area contributed by atoms with E-state index in [-0.39, 0.29) is 0 Å². The van der Waals surface area contributed by atoms with Crippen molar-refractivity contribution in [2.24, 2.45) is 0 Å². The van der Waals surface area contributed by atoms with E-state index in [9.17, 15) is 0 Å². The Bertz CT molecular complexity index is 1310. The van der Waals surface area contributed by atoms with E-state index in [2.05, 4.69) is 109 Å². The Morgan fingerprint density at radius 3 is 2.41 bits per heavy atom. The molecule has 0 aliphatic rings. The summed E-state index contributed by atoms with van der Waals surface area (Å²) in [6.07, 6.45) is 2.11. The van der Waals surface area contributed by atoms with E-state index in [4.69, 9.17) is 4.98 Å². The number of anilines is 1. The van der Waals surface area contributed by atoms with Gasteiger partial charge in [-0.25, -0.2) is 4.98 Å². The monoisotopic (exact) mass is 377 g/mol. The minimum absolute atomic E-state index is 0.750. The van der Waals surface area contributed by atoms with Crippen molar-refractivity contribution in [2.45, 2.75) is 20.4 Å². The molecule has 0 radical (unpaired) electrons. The van der Waals surface area contributed by atoms with Crippen molar-refractivity contribution in [1.29, 1.82) is 0 Å². The van der Waals surface area contributed by atoms with Crippen LogP contribution in [0.4, 0.5) is 5.82 Å². The molecule has 3 nitrogen and oxygen atoms in total. The Labute approximate surface area is 170 Å². The molecular formula is C26H23N3. The second-order valence-electron chi connectivity index (χ2n) is 7.56. The van der Waals surface area contributed by atoms with E-state index in [1.165, 1.54) is 22.1 Å². The molecule has 0 aliphatic heterocycles. The van der Waals surface area contributed by atoms with Gasteiger partial charge in [-0.2, -0.15) is 0 Å². The van der Waals surface area contributed by atoms with Crippen LogP contribution in [0.1, 0.15) is 16.7 Å². The summed E-state index contributed by atoms with van der Waals surface area (Å²) in [4.78, 5) is 5.10. The molecule has 0 aliphatic carbocycles. The first kappa shape index (κ1) is 17.5. The fraction of sp³-hybridized carbons (Fsp3) is 0.115. The predicted octanol–water partition coefficient (Wildman–Crippen LogP) is 6.38. The molecule has 0 saturated carbocycles. The topological polar surface area (TPSA) is 29.3 Å². The van der Waals surface area contributed by atoms with Gasteiger partial charge in [0.15, 0.2) is 0 Å². The number of fused-ring (bicyclic) bond motifs is 3. The summed E-state index contributed by atoms with van der Waals surface area (Å²) in [6.45, 7) is 5.00. The normalized spacial score (nSPS) is 11.2. The van der Waals surface area contributed by atoms with Crippen LogP contribution in [0.25, 0.3) is 27.7 Å². The van der Waals surface area contributed by atoms with E-state index in [0.29, 0.717) is 0 Å². The molecule has 5 aromatic rings. The molecule has 3 heteroatoms. The molecule has 1 N–H and O–H groups in total. The lowest BCUT2D eigenvalue weighted by Gasteiger charge is -2.11. The second-order valence-corrected chi connectivity index (χ2v) is 7.56. The number of pyridine rings is 1. The third-order valence-corrected chi connectivity index (χ3v) is 5.50. The van der Waals surface area contributed by atoms with E-state index in [1.807, 2.05) is 0 Å². The highest BCUT2D eigenvalue weighted by molar-refractivity contribution is 5.96. The number of nitrogens with one attached hydrogen (secondary N) is 1. The molecule has 0 spiro atoms. The molecule has 2 heterocycles. The van der Waals surface area contributed by atoms with Gasteiger partial charge in [0.05, 0.1) is 0 Å². The number of aryl methyl sites for hydroxylation is 2. The third kappa shape index (κ3) is 3.15. The van der Waals surface area contributed by atoms with Crippen molar-refractivity contribution in [1.82, 2.24) is 9.38 Å². The summed E-state index contributed by atoms with van der Waals surface area (Å²) in [5, 5.41) is 6.02. The van der Waals surface area contributed by atoms with Crippen LogP contribution < -0.4 is 5.32 Å². The maximum atomic E-state index is 5.10. The van der Waals surface area contributed by atoms with Gasteiger partial charge in [0.25, 0.3) is 0 Å². The third-order valence-electron chi connectivity index (χ3n) is 5.50. The summed E-state index contributed by atoms with van der Waals surface area (Å²) in [6, 6.07) is 27.7. The molecule has 0 bridgehead atoms. The van der Waals surface area contributed by atoms with Crippen LogP contribution in [0.3, 0.4) is 0 Å². The van der Waals surface area contributed by atoms with E-state index >= 15 is 0 Å². The number of benzene rings is 3. The maximum absolute atomic E-state index is 5.10. The zero-order valence-corrected chi connectivity index (χ0v) is 16.7. The first-order valence-corrected chi connectivity index (χ1v) is 9.96. The molecule has 2 aromatic heterocycles. The Morgan fingerprint density at radius 1 is 0.828 bits per heavy atom. The van der Waals surface area contributed by atoms with Crippen LogP contribution in [-0.4, -0.2) is 9.38 Å². The molecule has 3 aromatic carbocycles. The maximum Gasteiger partial charge on any atom is 0.147 e. The quantitative estimate of drug-likeness (QED) is 0.393. The standard InChI is InChI=1S/C26H23N3/c1-18-11-13-20(14-12-18)17-27-26-24(22-9-5-3-7-19(22)2)28-25-23-10-6-4-8-21(23)15-16-29(25)26/h3-16,27H,17H2,1-2H3. The molecule has 29 heavy (non-hydrogen) atoms. The van der Waals surface area contributed by atoms with Gasteiger partial charge in [0.1, 0.15) is 17.2 Å². The first-order valence-electron chi connectivity index (χ1n) is 9.96. The van der Waals surface area contributed by atoms with Crippen molar-refractivity contribution in [3.05, 3.63) is 102 Å². The minimum atomic E-state index is 0.750. The van der Waals surface area contributed by atoms with Crippen molar-refractivity contribution in [3.63, 3.8) is 0 Å². The van der Waals surface area contributed by atoms with Crippen LogP contribution in [0.15, 0.2) is 85.1 Å². The van der Waals surface area contributed by atoms with Crippen LogP contribution in [0.2, 0.25) is 0 Å². The van der Waals surface area contributed by atoms with Crippen LogP contribution in [0, 0.1) is 13.8 Å². The summed E-state index contributed by atoms with van der Waals surface area (Å²) in [7, 11) is 0. The summed E-state index contributed by atoms with van der Waals surface area (Å²) in [5.41, 5.74) is 6.88. The van der Waals surface area contributed by atoms with E-state index in [0.717, 1.165) is 34.7 Å². The molecule has 0 saturated heterocycles. The lowest BCUT2D eigenvalue weighted by atomic mass is 10.1. The summed E-state index contributed by atoms with van der Waals surface area (Å²) < 4.78 is 2.18. The highest BCUT2D eigenvalue weighted by Gasteiger charge is 2.17. The Hall–Kier alpha value is -3.59. The van der Waals surface area contributed by atoms with Crippen LogP contribution >= 0.6 is 0 Å². The zero-order chi connectivity index (χ0) is 19.8. The highest BCUT2D eigenvalue weighted by Crippen LogP contribution is 2.33. The molecule has 5 rings (SSSR count). The van der Waals surface area contributed by atoms with Gasteiger partial charge in [0.2, 0.25) is 0 Å². The Kier molecular flexibility index (Phi) is 4.28. The molecule has 0 fully saturated rings. The predicted molar refractivity (Wildman–Crippen MR) is 121 cm³/mol. The lowest BCUT2D eigenvalue weighted by molar-refractivity contribution is 1.09. The van der Waals surface area contributed by atoms with Gasteiger partial charge < -0.3 is 5.32 Å². The van der Waals surface area contributed by atoms with Gasteiger partial charge >= 0.3 is 0 Å². The minimum Gasteiger partial charge on any atom is -0.365 e. The zero-order valence-electron chi connectivity index (χ0n) is 16.7. The van der Waals surface area contributed by atoms with Crippen molar-refractivity contribution < 1.29 is 0 Å². The number of hydrogen-bond donors (Lipinski definition) is 1. The van der Waals surface area contributed by atoms with Gasteiger partial charge in [-0.15, -0.1) is 0 Å². The summed E-state index contributed by atoms with van der Waals surface area (Å²) in [5.74, 6) is 1.03. The molecular weight excluding hydrogens is 354 g/mol. The van der Waals surface area contributed by atoms with Crippen molar-refractivity contribution in [2.75, 3.05) is 5.32 Å². The van der Waals surface area contributed by atoms with Gasteiger partial charge in [-0.3, -0.25) is 4.40 Å². The molecule has 0 atom stereocenters. The van der Waals surface area contributed by atoms with E-state index < -0.39 is 0 Å². The number of hydrogen-bond acceptors (Lipinski definition) is 2. The smallest absolute Gasteiger partial charge is 0.147 e. The SMILES string of the molecule is Cc1ccc(CNc2c(-c3ccccc3C)nc3c4ccccc4ccn23)cc1. The van der Waals surface area contributed by atoms with Crippen LogP contribution in [-0.2, 0) is 6.54 Å². The van der Waals surface area contributed by atoms with Gasteiger partial charge in [-0.05, 0) is 36.4 Å². The van der Waals surface area contributed by atoms with Crippen molar-refractivity contribution >= 4 is 22.2 Å². The fourth-order valence-electron chi connectivity index (χ4n) is 3.86. The number of rotatable bonds is 4. The average Bonchev–Trinajstić information content (AvgIpc) is 3.12.